The van der Waals surface area contributed by atoms with Crippen LogP contribution in [0.1, 0.15) is 76.5 Å². The van der Waals surface area contributed by atoms with Gasteiger partial charge < -0.3 is 18.9 Å². The van der Waals surface area contributed by atoms with Crippen LogP contribution < -0.4 is 9.47 Å². The number of methoxy groups -OCH3 is 3. The number of halogens is 1. The standard InChI is InChI=1S/C30H31ClN4O5S/c1-37-23-6-4-5-20(28(23)39-3)27-21-15-18(31)9-11-22(21)35-29(17-7-8-17)33-34-30(35)24(40-27)12-13-25-32-16-19(41-25)10-14-26(36)38-2/h4-6,9,11,15-17,24,27H,7-8,10,12-14H2,1-3H3/t24-,27-/m1/s1. The Hall–Kier alpha value is -3.47. The maximum absolute atomic E-state index is 11.6. The number of carbonyl (C=O) groups excluding carboxylic acids is 1. The molecule has 41 heavy (non-hydrogen) atoms. The Kier molecular flexibility index (Phi) is 7.96. The first-order valence-corrected chi connectivity index (χ1v) is 14.8. The molecule has 11 heteroatoms. The minimum Gasteiger partial charge on any atom is -0.493 e. The van der Waals surface area contributed by atoms with E-state index in [9.17, 15) is 4.79 Å². The van der Waals surface area contributed by atoms with E-state index < -0.39 is 6.10 Å². The average molecular weight is 595 g/mol. The number of benzene rings is 2. The average Bonchev–Trinajstić information content (AvgIpc) is 3.62. The van der Waals surface area contributed by atoms with Gasteiger partial charge in [-0.25, -0.2) is 4.98 Å². The highest BCUT2D eigenvalue weighted by Crippen LogP contribution is 2.48. The van der Waals surface area contributed by atoms with Crippen LogP contribution in [0.4, 0.5) is 0 Å². The van der Waals surface area contributed by atoms with Gasteiger partial charge in [-0.3, -0.25) is 9.36 Å². The summed E-state index contributed by atoms with van der Waals surface area (Å²) in [6.07, 6.45) is 5.39. The van der Waals surface area contributed by atoms with Crippen LogP contribution in [0.3, 0.4) is 0 Å². The third-order valence-electron chi connectivity index (χ3n) is 7.50. The summed E-state index contributed by atoms with van der Waals surface area (Å²) in [6.45, 7) is 0. The minimum atomic E-state index is -0.501. The minimum absolute atomic E-state index is 0.226. The van der Waals surface area contributed by atoms with Gasteiger partial charge >= 0.3 is 5.97 Å². The zero-order valence-electron chi connectivity index (χ0n) is 23.1. The maximum atomic E-state index is 11.6. The molecular weight excluding hydrogens is 564 g/mol. The Balaban J connectivity index is 1.39. The number of esters is 1. The molecule has 6 rings (SSSR count). The lowest BCUT2D eigenvalue weighted by Crippen LogP contribution is -2.13. The van der Waals surface area contributed by atoms with Crippen molar-refractivity contribution in [1.29, 1.82) is 0 Å². The molecule has 0 saturated heterocycles. The van der Waals surface area contributed by atoms with Gasteiger partial charge in [0.1, 0.15) is 18.0 Å². The number of thiazole rings is 1. The largest absolute Gasteiger partial charge is 0.493 e. The quantitative estimate of drug-likeness (QED) is 0.201. The van der Waals surface area contributed by atoms with Gasteiger partial charge in [-0.2, -0.15) is 0 Å². The summed E-state index contributed by atoms with van der Waals surface area (Å²) >= 11 is 8.18. The molecule has 1 fully saturated rings. The Morgan fingerprint density at radius 3 is 2.66 bits per heavy atom. The van der Waals surface area contributed by atoms with Gasteiger partial charge in [0.05, 0.1) is 38.4 Å². The number of ether oxygens (including phenoxy) is 4. The van der Waals surface area contributed by atoms with Crippen LogP contribution in [0.2, 0.25) is 5.02 Å². The van der Waals surface area contributed by atoms with Crippen LogP contribution in [0.5, 0.6) is 11.5 Å². The summed E-state index contributed by atoms with van der Waals surface area (Å²) in [4.78, 5) is 17.2. The number of aromatic nitrogens is 4. The first-order valence-electron chi connectivity index (χ1n) is 13.6. The summed E-state index contributed by atoms with van der Waals surface area (Å²) in [5.41, 5.74) is 2.70. The molecular formula is C30H31ClN4O5S. The van der Waals surface area contributed by atoms with E-state index in [1.807, 2.05) is 42.6 Å². The third kappa shape index (κ3) is 5.56. The van der Waals surface area contributed by atoms with Crippen molar-refractivity contribution in [3.8, 4) is 17.2 Å². The van der Waals surface area contributed by atoms with Crippen molar-refractivity contribution in [3.63, 3.8) is 0 Å². The Bertz CT molecular complexity index is 1570. The molecule has 1 aliphatic carbocycles. The van der Waals surface area contributed by atoms with Crippen LogP contribution in [-0.2, 0) is 27.1 Å². The van der Waals surface area contributed by atoms with Gasteiger partial charge in [0.15, 0.2) is 17.3 Å². The molecule has 0 unspecified atom stereocenters. The first kappa shape index (κ1) is 27.7. The lowest BCUT2D eigenvalue weighted by Gasteiger charge is -2.25. The number of aryl methyl sites for hydroxylation is 2. The number of fused-ring (bicyclic) bond motifs is 3. The normalized spacial score (nSPS) is 17.9. The van der Waals surface area contributed by atoms with Crippen molar-refractivity contribution < 1.29 is 23.7 Å². The van der Waals surface area contributed by atoms with E-state index in [1.165, 1.54) is 7.11 Å². The molecule has 0 N–H and O–H groups in total. The van der Waals surface area contributed by atoms with Crippen molar-refractivity contribution in [2.24, 2.45) is 0 Å². The van der Waals surface area contributed by atoms with E-state index in [1.54, 1.807) is 25.6 Å². The monoisotopic (exact) mass is 594 g/mol. The number of hydrogen-bond acceptors (Lipinski definition) is 9. The topological polar surface area (TPSA) is 97.6 Å². The summed E-state index contributed by atoms with van der Waals surface area (Å²) < 4.78 is 25.4. The summed E-state index contributed by atoms with van der Waals surface area (Å²) in [6, 6.07) is 11.7. The zero-order chi connectivity index (χ0) is 28.5. The molecule has 0 spiro atoms. The van der Waals surface area contributed by atoms with Crippen molar-refractivity contribution in [2.45, 2.75) is 56.7 Å². The van der Waals surface area contributed by atoms with Gasteiger partial charge in [0.25, 0.3) is 0 Å². The number of hydrogen-bond donors (Lipinski definition) is 0. The smallest absolute Gasteiger partial charge is 0.305 e. The van der Waals surface area contributed by atoms with Gasteiger partial charge in [-0.05, 0) is 49.9 Å². The second kappa shape index (κ2) is 11.8. The fourth-order valence-corrected chi connectivity index (χ4v) is 6.44. The van der Waals surface area contributed by atoms with Crippen LogP contribution in [0, 0.1) is 0 Å². The highest BCUT2D eigenvalue weighted by molar-refractivity contribution is 7.11. The fourth-order valence-electron chi connectivity index (χ4n) is 5.33. The molecule has 1 aliphatic heterocycles. The number of carbonyl (C=O) groups is 1. The molecule has 3 heterocycles. The first-order chi connectivity index (χ1) is 20.0. The molecule has 2 atom stereocenters. The van der Waals surface area contributed by atoms with Crippen LogP contribution in [0.15, 0.2) is 42.6 Å². The fraction of sp³-hybridized carbons (Fsp3) is 0.400. The molecule has 9 nitrogen and oxygen atoms in total. The van der Waals surface area contributed by atoms with E-state index in [2.05, 4.69) is 14.6 Å². The predicted octanol–water partition coefficient (Wildman–Crippen LogP) is 6.17. The second-order valence-corrected chi connectivity index (χ2v) is 11.8. The molecule has 0 radical (unpaired) electrons. The summed E-state index contributed by atoms with van der Waals surface area (Å²) in [5.74, 6) is 3.10. The van der Waals surface area contributed by atoms with Crippen molar-refractivity contribution in [3.05, 3.63) is 80.3 Å². The molecule has 0 bridgehead atoms. The molecule has 2 aromatic heterocycles. The highest BCUT2D eigenvalue weighted by atomic mass is 35.5. The third-order valence-corrected chi connectivity index (χ3v) is 8.85. The van der Waals surface area contributed by atoms with Gasteiger partial charge in [-0.15, -0.1) is 21.5 Å². The molecule has 2 aliphatic rings. The number of para-hydroxylation sites is 1. The maximum Gasteiger partial charge on any atom is 0.305 e. The van der Waals surface area contributed by atoms with Gasteiger partial charge in [0.2, 0.25) is 0 Å². The van der Waals surface area contributed by atoms with Gasteiger partial charge in [-0.1, -0.05) is 23.7 Å². The predicted molar refractivity (Wildman–Crippen MR) is 154 cm³/mol. The summed E-state index contributed by atoms with van der Waals surface area (Å²) in [7, 11) is 4.66. The second-order valence-electron chi connectivity index (χ2n) is 10.2. The zero-order valence-corrected chi connectivity index (χ0v) is 24.7. The molecule has 2 aromatic carbocycles. The van der Waals surface area contributed by atoms with E-state index >= 15 is 0 Å². The van der Waals surface area contributed by atoms with Crippen LogP contribution >= 0.6 is 22.9 Å². The molecule has 214 valence electrons. The number of nitrogens with zero attached hydrogens (tertiary/aromatic N) is 4. The van der Waals surface area contributed by atoms with E-state index in [0.717, 1.165) is 51.2 Å². The van der Waals surface area contributed by atoms with Crippen LogP contribution in [-0.4, -0.2) is 47.0 Å². The molecule has 0 amide bonds. The summed E-state index contributed by atoms with van der Waals surface area (Å²) in [5, 5.41) is 10.9. The lowest BCUT2D eigenvalue weighted by atomic mass is 9.98. The molecule has 4 aromatic rings. The van der Waals surface area contributed by atoms with E-state index in [0.29, 0.717) is 48.1 Å². The highest BCUT2D eigenvalue weighted by Gasteiger charge is 2.39. The van der Waals surface area contributed by atoms with Crippen molar-refractivity contribution >= 4 is 28.9 Å². The Morgan fingerprint density at radius 1 is 1.07 bits per heavy atom. The van der Waals surface area contributed by atoms with E-state index in [4.69, 9.17) is 35.6 Å². The van der Waals surface area contributed by atoms with Crippen molar-refractivity contribution in [2.75, 3.05) is 21.3 Å². The van der Waals surface area contributed by atoms with Crippen LogP contribution in [0.25, 0.3) is 5.69 Å². The van der Waals surface area contributed by atoms with Gasteiger partial charge in [0, 0.05) is 39.6 Å². The molecule has 1 saturated carbocycles. The van der Waals surface area contributed by atoms with E-state index in [-0.39, 0.29) is 12.1 Å². The number of rotatable bonds is 10. The lowest BCUT2D eigenvalue weighted by molar-refractivity contribution is -0.140. The Labute approximate surface area is 247 Å². The SMILES string of the molecule is COC(=O)CCc1cnc(CC[C@H]2O[C@H](c3cccc(OC)c3OC)c3cc(Cl)ccc3-n3c(C4CC4)nnc32)s1. The Morgan fingerprint density at radius 2 is 1.90 bits per heavy atom. The van der Waals surface area contributed by atoms with Crippen molar-refractivity contribution in [1.82, 2.24) is 19.7 Å².